The summed E-state index contributed by atoms with van der Waals surface area (Å²) in [5, 5.41) is 13.8. The molecule has 1 aliphatic rings. The van der Waals surface area contributed by atoms with E-state index >= 15 is 0 Å². The predicted molar refractivity (Wildman–Crippen MR) is 86.0 cm³/mol. The van der Waals surface area contributed by atoms with Crippen LogP contribution in [-0.4, -0.2) is 17.6 Å². The van der Waals surface area contributed by atoms with Crippen LogP contribution < -0.4 is 5.32 Å². The SMILES string of the molecule is CC(NCC1CCC(C(=O)O)CC1)c1ccc(Cl)cc1Cl. The van der Waals surface area contributed by atoms with Crippen LogP contribution in [0.5, 0.6) is 0 Å². The number of carbonyl (C=O) groups is 1. The smallest absolute Gasteiger partial charge is 0.306 e. The molecule has 0 aromatic heterocycles. The molecular weight excluding hydrogens is 309 g/mol. The maximum Gasteiger partial charge on any atom is 0.306 e. The fourth-order valence-corrected chi connectivity index (χ4v) is 3.49. The zero-order valence-corrected chi connectivity index (χ0v) is 13.6. The van der Waals surface area contributed by atoms with Gasteiger partial charge in [0, 0.05) is 16.1 Å². The molecule has 1 saturated carbocycles. The van der Waals surface area contributed by atoms with E-state index in [1.807, 2.05) is 12.1 Å². The van der Waals surface area contributed by atoms with E-state index < -0.39 is 5.97 Å². The minimum absolute atomic E-state index is 0.149. The van der Waals surface area contributed by atoms with Crippen molar-refractivity contribution in [1.29, 1.82) is 0 Å². The van der Waals surface area contributed by atoms with E-state index in [9.17, 15) is 4.79 Å². The van der Waals surface area contributed by atoms with Gasteiger partial charge in [0.05, 0.1) is 5.92 Å². The zero-order valence-electron chi connectivity index (χ0n) is 12.1. The maximum absolute atomic E-state index is 10.9. The zero-order chi connectivity index (χ0) is 15.4. The summed E-state index contributed by atoms with van der Waals surface area (Å²) < 4.78 is 0. The summed E-state index contributed by atoms with van der Waals surface area (Å²) in [6.07, 6.45) is 3.53. The molecule has 1 aromatic carbocycles. The minimum atomic E-state index is -0.650. The maximum atomic E-state index is 10.9. The Kier molecular flexibility index (Phi) is 5.91. The van der Waals surface area contributed by atoms with E-state index in [-0.39, 0.29) is 12.0 Å². The Morgan fingerprint density at radius 2 is 2.00 bits per heavy atom. The van der Waals surface area contributed by atoms with Crippen molar-refractivity contribution < 1.29 is 9.90 Å². The van der Waals surface area contributed by atoms with Gasteiger partial charge in [-0.1, -0.05) is 29.3 Å². The highest BCUT2D eigenvalue weighted by Crippen LogP contribution is 2.30. The lowest BCUT2D eigenvalue weighted by Gasteiger charge is -2.27. The molecule has 1 unspecified atom stereocenters. The number of halogens is 2. The molecule has 1 atom stereocenters. The van der Waals surface area contributed by atoms with Gasteiger partial charge in [-0.25, -0.2) is 0 Å². The number of hydrogen-bond acceptors (Lipinski definition) is 2. The molecule has 0 amide bonds. The highest BCUT2D eigenvalue weighted by molar-refractivity contribution is 6.35. The van der Waals surface area contributed by atoms with Crippen molar-refractivity contribution in [1.82, 2.24) is 5.32 Å². The van der Waals surface area contributed by atoms with Crippen molar-refractivity contribution in [2.75, 3.05) is 6.54 Å². The summed E-state index contributed by atoms with van der Waals surface area (Å²) in [5.74, 6) is -0.249. The molecule has 0 heterocycles. The Morgan fingerprint density at radius 3 is 2.57 bits per heavy atom. The Hall–Kier alpha value is -0.770. The van der Waals surface area contributed by atoms with Gasteiger partial charge in [0.1, 0.15) is 0 Å². The second-order valence-electron chi connectivity index (χ2n) is 5.85. The van der Waals surface area contributed by atoms with Crippen LogP contribution in [0.25, 0.3) is 0 Å². The van der Waals surface area contributed by atoms with Crippen molar-refractivity contribution in [2.45, 2.75) is 38.6 Å². The first-order valence-corrected chi connectivity index (χ1v) is 8.14. The number of nitrogens with one attached hydrogen (secondary N) is 1. The lowest BCUT2D eigenvalue weighted by molar-refractivity contribution is -0.143. The standard InChI is InChI=1S/C16H21Cl2NO2/c1-10(14-7-6-13(17)8-15(14)18)19-9-11-2-4-12(5-3-11)16(20)21/h6-8,10-12,19H,2-5,9H2,1H3,(H,20,21). The minimum Gasteiger partial charge on any atom is -0.481 e. The predicted octanol–water partition coefficient (Wildman–Crippen LogP) is 4.54. The van der Waals surface area contributed by atoms with Crippen LogP contribution in [0.1, 0.15) is 44.2 Å². The summed E-state index contributed by atoms with van der Waals surface area (Å²) >= 11 is 12.1. The van der Waals surface area contributed by atoms with Crippen LogP contribution >= 0.6 is 23.2 Å². The van der Waals surface area contributed by atoms with E-state index in [1.165, 1.54) is 0 Å². The molecule has 0 spiro atoms. The molecule has 1 aliphatic carbocycles. The fourth-order valence-electron chi connectivity index (χ4n) is 2.92. The summed E-state index contributed by atoms with van der Waals surface area (Å²) in [5.41, 5.74) is 1.04. The van der Waals surface area contributed by atoms with Gasteiger partial charge in [0.2, 0.25) is 0 Å². The first kappa shape index (κ1) is 16.6. The molecule has 0 radical (unpaired) electrons. The second kappa shape index (κ2) is 7.48. The average Bonchev–Trinajstić information content (AvgIpc) is 2.45. The number of hydrogen-bond donors (Lipinski definition) is 2. The third-order valence-corrected chi connectivity index (χ3v) is 4.90. The summed E-state index contributed by atoms with van der Waals surface area (Å²) in [4.78, 5) is 10.9. The lowest BCUT2D eigenvalue weighted by Crippen LogP contribution is -2.30. The number of carboxylic acid groups (broad SMARTS) is 1. The largest absolute Gasteiger partial charge is 0.481 e. The van der Waals surface area contributed by atoms with Crippen molar-refractivity contribution in [3.63, 3.8) is 0 Å². The topological polar surface area (TPSA) is 49.3 Å². The van der Waals surface area contributed by atoms with Crippen LogP contribution in [0, 0.1) is 11.8 Å². The van der Waals surface area contributed by atoms with Gasteiger partial charge in [-0.2, -0.15) is 0 Å². The number of aliphatic carboxylic acids is 1. The van der Waals surface area contributed by atoms with Gasteiger partial charge in [-0.3, -0.25) is 4.79 Å². The number of carboxylic acids is 1. The van der Waals surface area contributed by atoms with Crippen LogP contribution in [0.2, 0.25) is 10.0 Å². The van der Waals surface area contributed by atoms with Crippen molar-refractivity contribution in [2.24, 2.45) is 11.8 Å². The molecule has 116 valence electrons. The molecular formula is C16H21Cl2NO2. The molecule has 1 aromatic rings. The Labute approximate surface area is 135 Å². The number of rotatable bonds is 5. The summed E-state index contributed by atoms with van der Waals surface area (Å²) in [6.45, 7) is 2.98. The van der Waals surface area contributed by atoms with Crippen LogP contribution in [-0.2, 0) is 4.79 Å². The van der Waals surface area contributed by atoms with Gasteiger partial charge in [0.15, 0.2) is 0 Å². The molecule has 21 heavy (non-hydrogen) atoms. The average molecular weight is 330 g/mol. The van der Waals surface area contributed by atoms with Crippen molar-refractivity contribution >= 4 is 29.2 Å². The van der Waals surface area contributed by atoms with Crippen LogP contribution in [0.15, 0.2) is 18.2 Å². The monoisotopic (exact) mass is 329 g/mol. The quantitative estimate of drug-likeness (QED) is 0.833. The van der Waals surface area contributed by atoms with E-state index in [4.69, 9.17) is 28.3 Å². The van der Waals surface area contributed by atoms with Crippen LogP contribution in [0.3, 0.4) is 0 Å². The molecule has 1 fully saturated rings. The van der Waals surface area contributed by atoms with Crippen molar-refractivity contribution in [3.8, 4) is 0 Å². The van der Waals surface area contributed by atoms with Gasteiger partial charge >= 0.3 is 5.97 Å². The Morgan fingerprint density at radius 1 is 1.33 bits per heavy atom. The van der Waals surface area contributed by atoms with Gasteiger partial charge < -0.3 is 10.4 Å². The lowest BCUT2D eigenvalue weighted by atomic mass is 9.82. The molecule has 5 heteroatoms. The molecule has 2 N–H and O–H groups in total. The number of benzene rings is 1. The van der Waals surface area contributed by atoms with E-state index in [0.29, 0.717) is 16.0 Å². The Bertz CT molecular complexity index is 499. The van der Waals surface area contributed by atoms with E-state index in [1.54, 1.807) is 6.07 Å². The first-order valence-electron chi connectivity index (χ1n) is 7.38. The first-order chi connectivity index (χ1) is 9.97. The van der Waals surface area contributed by atoms with Gasteiger partial charge in [-0.05, 0) is 62.8 Å². The second-order valence-corrected chi connectivity index (χ2v) is 6.70. The van der Waals surface area contributed by atoms with E-state index in [2.05, 4.69) is 12.2 Å². The Balaban J connectivity index is 1.82. The van der Waals surface area contributed by atoms with Crippen LogP contribution in [0.4, 0.5) is 0 Å². The molecule has 3 nitrogen and oxygen atoms in total. The molecule has 2 rings (SSSR count). The normalized spacial score (nSPS) is 23.8. The fraction of sp³-hybridized carbons (Fsp3) is 0.562. The molecule has 0 saturated heterocycles. The third kappa shape index (κ3) is 4.60. The summed E-state index contributed by atoms with van der Waals surface area (Å²) in [6, 6.07) is 5.71. The summed E-state index contributed by atoms with van der Waals surface area (Å²) in [7, 11) is 0. The van der Waals surface area contributed by atoms with Gasteiger partial charge in [0.25, 0.3) is 0 Å². The van der Waals surface area contributed by atoms with E-state index in [0.717, 1.165) is 37.8 Å². The molecule has 0 bridgehead atoms. The molecule has 0 aliphatic heterocycles. The highest BCUT2D eigenvalue weighted by Gasteiger charge is 2.26. The van der Waals surface area contributed by atoms with Gasteiger partial charge in [-0.15, -0.1) is 0 Å². The third-order valence-electron chi connectivity index (χ3n) is 4.34. The highest BCUT2D eigenvalue weighted by atomic mass is 35.5. The van der Waals surface area contributed by atoms with Crippen molar-refractivity contribution in [3.05, 3.63) is 33.8 Å².